The highest BCUT2D eigenvalue weighted by atomic mass is 35.5. The van der Waals surface area contributed by atoms with Crippen LogP contribution in [0.25, 0.3) is 22.0 Å². The number of benzene rings is 3. The van der Waals surface area contributed by atoms with Gasteiger partial charge in [0, 0.05) is 34.3 Å². The minimum absolute atomic E-state index is 0.0537. The zero-order chi connectivity index (χ0) is 27.7. The topological polar surface area (TPSA) is 149 Å². The lowest BCUT2D eigenvalue weighted by molar-refractivity contribution is -0.141. The van der Waals surface area contributed by atoms with Gasteiger partial charge < -0.3 is 20.5 Å². The number of aromatic nitrogens is 1. The van der Waals surface area contributed by atoms with Crippen LogP contribution in [0.5, 0.6) is 0 Å². The molecule has 0 radical (unpaired) electrons. The average Bonchev–Trinajstić information content (AvgIpc) is 3.37. The minimum Gasteiger partial charge on any atom is -0.733 e. The van der Waals surface area contributed by atoms with Crippen LogP contribution >= 0.6 is 11.6 Å². The number of halogens is 1. The molecule has 1 aliphatic heterocycles. The first kappa shape index (κ1) is 26.1. The van der Waals surface area contributed by atoms with Gasteiger partial charge in [-0.2, -0.15) is 5.10 Å². The van der Waals surface area contributed by atoms with Crippen LogP contribution in [0.15, 0.2) is 82.7 Å². The lowest BCUT2D eigenvalue weighted by Gasteiger charge is -2.25. The fourth-order valence-electron chi connectivity index (χ4n) is 4.78. The number of nitrogens with zero attached hydrogens (tertiary/aromatic N) is 3. The molecule has 0 bridgehead atoms. The highest BCUT2D eigenvalue weighted by molar-refractivity contribution is 6.31. The van der Waals surface area contributed by atoms with E-state index in [2.05, 4.69) is 10.1 Å². The second-order valence-electron chi connectivity index (χ2n) is 9.03. The predicted octanol–water partition coefficient (Wildman–Crippen LogP) is 5.08. The van der Waals surface area contributed by atoms with Gasteiger partial charge in [0.25, 0.3) is 5.56 Å². The van der Waals surface area contributed by atoms with Gasteiger partial charge in [0.15, 0.2) is 0 Å². The lowest BCUT2D eigenvalue weighted by Crippen LogP contribution is -2.27. The van der Waals surface area contributed by atoms with Crippen LogP contribution in [0.4, 0.5) is 5.69 Å². The maximum Gasteiger partial charge on any atom is 0.303 e. The number of carbonyl (C=O) groups excluding carboxylic acids is 1. The Kier molecular flexibility index (Phi) is 7.16. The van der Waals surface area contributed by atoms with Crippen molar-refractivity contribution < 1.29 is 19.9 Å². The maximum absolute atomic E-state index is 13.5. The van der Waals surface area contributed by atoms with Gasteiger partial charge in [-0.1, -0.05) is 54.1 Å². The van der Waals surface area contributed by atoms with Crippen molar-refractivity contribution in [1.29, 1.82) is 0 Å². The van der Waals surface area contributed by atoms with E-state index in [1.54, 1.807) is 30.3 Å². The van der Waals surface area contributed by atoms with E-state index in [-0.39, 0.29) is 29.3 Å². The molecular weight excluding hydrogens is 524 g/mol. The summed E-state index contributed by atoms with van der Waals surface area (Å²) in [5, 5.41) is 36.6. The molecule has 39 heavy (non-hydrogen) atoms. The van der Waals surface area contributed by atoms with Gasteiger partial charge in [0.05, 0.1) is 29.4 Å². The van der Waals surface area contributed by atoms with Crippen LogP contribution < -0.4 is 10.8 Å². The van der Waals surface area contributed by atoms with Crippen molar-refractivity contribution in [1.82, 2.24) is 9.99 Å². The molecule has 0 fully saturated rings. The molecule has 1 amide bonds. The molecule has 3 aromatic carbocycles. The number of amides is 1. The second-order valence-corrected chi connectivity index (χ2v) is 9.46. The number of aromatic amines is 1. The average molecular weight is 546 g/mol. The fourth-order valence-corrected chi connectivity index (χ4v) is 4.95. The number of hydrazone groups is 1. The van der Waals surface area contributed by atoms with Crippen LogP contribution in [0.1, 0.15) is 36.4 Å². The van der Waals surface area contributed by atoms with Crippen molar-refractivity contribution in [2.24, 2.45) is 5.10 Å². The first-order valence-corrected chi connectivity index (χ1v) is 12.4. The molecule has 5 rings (SSSR count). The molecule has 198 valence electrons. The summed E-state index contributed by atoms with van der Waals surface area (Å²) in [5.74, 6) is -1.70. The Morgan fingerprint density at radius 2 is 1.82 bits per heavy atom. The number of carboxylic acid groups (broad SMARTS) is 1. The van der Waals surface area contributed by atoms with Gasteiger partial charge in [0.1, 0.15) is 0 Å². The van der Waals surface area contributed by atoms with Crippen molar-refractivity contribution in [2.45, 2.75) is 25.3 Å². The summed E-state index contributed by atoms with van der Waals surface area (Å²) in [6, 6.07) is 19.6. The number of rotatable bonds is 7. The molecular formula is C28H22ClN4O6-. The van der Waals surface area contributed by atoms with Crippen molar-refractivity contribution in [3.05, 3.63) is 105 Å². The van der Waals surface area contributed by atoms with Gasteiger partial charge in [-0.25, -0.2) is 5.01 Å². The Labute approximate surface area is 226 Å². The van der Waals surface area contributed by atoms with E-state index in [9.17, 15) is 24.8 Å². The van der Waals surface area contributed by atoms with Crippen LogP contribution in [-0.2, 0) is 9.59 Å². The Morgan fingerprint density at radius 3 is 2.54 bits per heavy atom. The predicted molar refractivity (Wildman–Crippen MR) is 147 cm³/mol. The number of carbonyl (C=O) groups is 2. The Bertz CT molecular complexity index is 1670. The minimum atomic E-state index is -1.14. The van der Waals surface area contributed by atoms with Crippen molar-refractivity contribution in [2.75, 3.05) is 5.23 Å². The van der Waals surface area contributed by atoms with E-state index < -0.39 is 29.9 Å². The Hall–Kier alpha value is -4.51. The van der Waals surface area contributed by atoms with Crippen molar-refractivity contribution in [3.8, 4) is 11.1 Å². The molecule has 1 atom stereocenters. The Morgan fingerprint density at radius 1 is 1.05 bits per heavy atom. The molecule has 0 aliphatic carbocycles. The molecule has 1 aliphatic rings. The number of anilines is 1. The fraction of sp³-hybridized carbons (Fsp3) is 0.143. The number of hydrogen-bond acceptors (Lipinski definition) is 7. The highest BCUT2D eigenvalue weighted by Crippen LogP contribution is 2.38. The summed E-state index contributed by atoms with van der Waals surface area (Å²) in [6.45, 7) is 0. The maximum atomic E-state index is 13.5. The number of carboxylic acids is 1. The van der Waals surface area contributed by atoms with Crippen molar-refractivity contribution >= 4 is 45.8 Å². The van der Waals surface area contributed by atoms with E-state index >= 15 is 0 Å². The molecule has 0 spiro atoms. The van der Waals surface area contributed by atoms with Gasteiger partial charge in [-0.3, -0.25) is 19.6 Å². The molecule has 11 heteroatoms. The van der Waals surface area contributed by atoms with E-state index in [0.29, 0.717) is 32.8 Å². The summed E-state index contributed by atoms with van der Waals surface area (Å²) >= 11 is 6.33. The van der Waals surface area contributed by atoms with E-state index in [1.165, 1.54) is 12.1 Å². The monoisotopic (exact) mass is 545 g/mol. The highest BCUT2D eigenvalue weighted by Gasteiger charge is 2.35. The van der Waals surface area contributed by atoms with Gasteiger partial charge in [0.2, 0.25) is 5.91 Å². The zero-order valence-electron chi connectivity index (χ0n) is 20.4. The van der Waals surface area contributed by atoms with Crippen LogP contribution in [-0.4, -0.2) is 37.9 Å². The summed E-state index contributed by atoms with van der Waals surface area (Å²) < 4.78 is 0. The molecule has 10 nitrogen and oxygen atoms in total. The van der Waals surface area contributed by atoms with E-state index in [0.717, 1.165) is 10.6 Å². The molecule has 1 aromatic heterocycles. The summed E-state index contributed by atoms with van der Waals surface area (Å²) in [7, 11) is 0. The smallest absolute Gasteiger partial charge is 0.303 e. The zero-order valence-corrected chi connectivity index (χ0v) is 21.1. The number of hydrogen-bond donors (Lipinski definition) is 3. The van der Waals surface area contributed by atoms with Gasteiger partial charge >= 0.3 is 5.97 Å². The van der Waals surface area contributed by atoms with Crippen LogP contribution in [0, 0.1) is 5.21 Å². The third-order valence-electron chi connectivity index (χ3n) is 6.52. The molecule has 3 N–H and O–H groups in total. The number of fused-ring (bicyclic) bond motifs is 1. The summed E-state index contributed by atoms with van der Waals surface area (Å²) in [6.07, 6.45) is -0.616. The van der Waals surface area contributed by atoms with Crippen molar-refractivity contribution in [3.63, 3.8) is 0 Å². The standard InChI is InChI=1S/C28H22ClN4O6/c29-18-9-10-21-20(14-18)26(16-5-2-1-3-6-16)27(28(37)30-21)22-15-23(17-7-4-8-19(13-17)33(38)39)32(31-22)24(34)11-12-25(35)36/h1-10,13-14,23,38H,11-12,15H2,(H,30,37)(H,35,36)/q-1. The van der Waals surface area contributed by atoms with E-state index in [4.69, 9.17) is 16.7 Å². The third-order valence-corrected chi connectivity index (χ3v) is 6.76. The number of nitrogens with one attached hydrogen (secondary N) is 1. The second kappa shape index (κ2) is 10.7. The van der Waals surface area contributed by atoms with Crippen LogP contribution in [0.2, 0.25) is 5.02 Å². The number of aliphatic carboxylic acids is 1. The number of H-pyrrole nitrogens is 1. The molecule has 2 heterocycles. The van der Waals surface area contributed by atoms with Gasteiger partial charge in [-0.15, -0.1) is 0 Å². The first-order valence-electron chi connectivity index (χ1n) is 12.0. The molecule has 0 saturated carbocycles. The van der Waals surface area contributed by atoms with E-state index in [1.807, 2.05) is 30.3 Å². The normalized spacial score (nSPS) is 14.9. The quantitative estimate of drug-likeness (QED) is 0.274. The third kappa shape index (κ3) is 5.26. The Balaban J connectivity index is 1.69. The molecule has 1 unspecified atom stereocenters. The molecule has 4 aromatic rings. The summed E-state index contributed by atoms with van der Waals surface area (Å²) in [5.41, 5.74) is 2.46. The summed E-state index contributed by atoms with van der Waals surface area (Å²) in [4.78, 5) is 40.7. The SMILES string of the molecule is O=C(O)CCC(=O)N1N=C(c2c(-c3ccccc3)c3cc(Cl)ccc3[nH]c2=O)CC1c1cccc(N([O-])O)c1. The lowest BCUT2D eigenvalue weighted by atomic mass is 9.91. The molecule has 0 saturated heterocycles. The largest absolute Gasteiger partial charge is 0.733 e. The number of pyridine rings is 1. The van der Waals surface area contributed by atoms with Crippen LogP contribution in [0.3, 0.4) is 0 Å². The van der Waals surface area contributed by atoms with Gasteiger partial charge in [-0.05, 0) is 41.5 Å². The first-order chi connectivity index (χ1) is 18.7.